The summed E-state index contributed by atoms with van der Waals surface area (Å²) in [4.78, 5) is 1.16. The molecule has 0 fully saturated rings. The average molecular weight is 410 g/mol. The molecule has 1 nitrogen and oxygen atoms in total. The fraction of sp³-hybridized carbons (Fsp3) is 0.286. The number of hydrogen-bond acceptors (Lipinski definition) is 2. The lowest BCUT2D eigenvalue weighted by molar-refractivity contribution is 0.614. The Morgan fingerprint density at radius 1 is 1.42 bits per heavy atom. The maximum absolute atomic E-state index is 13.2. The molecule has 2 aromatic rings. The third-order valence-electron chi connectivity index (χ3n) is 2.84. The van der Waals surface area contributed by atoms with Crippen molar-refractivity contribution in [1.29, 1.82) is 0 Å². The van der Waals surface area contributed by atoms with Crippen molar-refractivity contribution in [1.82, 2.24) is 5.32 Å². The fourth-order valence-corrected chi connectivity index (χ4v) is 4.03. The summed E-state index contributed by atoms with van der Waals surface area (Å²) < 4.78 is 15.0. The van der Waals surface area contributed by atoms with Crippen molar-refractivity contribution in [3.63, 3.8) is 0 Å². The predicted octanol–water partition coefficient (Wildman–Crippen LogP) is 5.15. The highest BCUT2D eigenvalue weighted by atomic mass is 127. The zero-order chi connectivity index (χ0) is 14.0. The standard InChI is InChI=1S/C14H14ClFINS/c1-3-18-13(12-6-8(2)14(15)19-12)10-5-4-9(16)7-11(10)17/h4-7,13,18H,3H2,1-2H3. The summed E-state index contributed by atoms with van der Waals surface area (Å²) in [5, 5.41) is 3.44. The summed E-state index contributed by atoms with van der Waals surface area (Å²) in [6.45, 7) is 4.90. The summed E-state index contributed by atoms with van der Waals surface area (Å²) in [6.07, 6.45) is 0. The molecule has 0 aliphatic rings. The summed E-state index contributed by atoms with van der Waals surface area (Å²) in [5.74, 6) is -0.205. The van der Waals surface area contributed by atoms with Crippen molar-refractivity contribution in [2.75, 3.05) is 6.54 Å². The number of aryl methyl sites for hydroxylation is 1. The highest BCUT2D eigenvalue weighted by Gasteiger charge is 2.19. The molecule has 1 N–H and O–H groups in total. The summed E-state index contributed by atoms with van der Waals surface area (Å²) in [5.41, 5.74) is 2.17. The lowest BCUT2D eigenvalue weighted by atomic mass is 10.0. The second-order valence-electron chi connectivity index (χ2n) is 4.26. The van der Waals surface area contributed by atoms with Crippen LogP contribution in [0.4, 0.5) is 4.39 Å². The van der Waals surface area contributed by atoms with Gasteiger partial charge in [0, 0.05) is 8.45 Å². The molecular weight excluding hydrogens is 396 g/mol. The normalized spacial score (nSPS) is 12.7. The molecule has 0 saturated heterocycles. The van der Waals surface area contributed by atoms with Crippen LogP contribution in [0.5, 0.6) is 0 Å². The number of rotatable bonds is 4. The van der Waals surface area contributed by atoms with E-state index in [1.54, 1.807) is 17.4 Å². The first-order valence-electron chi connectivity index (χ1n) is 5.97. The second-order valence-corrected chi connectivity index (χ2v) is 7.11. The summed E-state index contributed by atoms with van der Waals surface area (Å²) in [6, 6.07) is 7.06. The smallest absolute Gasteiger partial charge is 0.124 e. The molecule has 0 aliphatic heterocycles. The molecule has 0 bridgehead atoms. The first-order chi connectivity index (χ1) is 9.02. The number of hydrogen-bond donors (Lipinski definition) is 1. The summed E-state index contributed by atoms with van der Waals surface area (Å²) in [7, 11) is 0. The molecule has 1 aromatic carbocycles. The van der Waals surface area contributed by atoms with Crippen LogP contribution in [0.2, 0.25) is 4.34 Å². The molecule has 0 amide bonds. The van der Waals surface area contributed by atoms with Gasteiger partial charge in [-0.25, -0.2) is 4.39 Å². The molecule has 2 rings (SSSR count). The van der Waals surface area contributed by atoms with Crippen molar-refractivity contribution in [3.8, 4) is 0 Å². The van der Waals surface area contributed by atoms with Gasteiger partial charge in [0.25, 0.3) is 0 Å². The van der Waals surface area contributed by atoms with Gasteiger partial charge in [-0.3, -0.25) is 0 Å². The van der Waals surface area contributed by atoms with Crippen LogP contribution in [0.15, 0.2) is 24.3 Å². The average Bonchev–Trinajstić information content (AvgIpc) is 2.67. The van der Waals surface area contributed by atoms with E-state index in [9.17, 15) is 4.39 Å². The van der Waals surface area contributed by atoms with Gasteiger partial charge in [0.05, 0.1) is 10.4 Å². The van der Waals surface area contributed by atoms with Crippen molar-refractivity contribution in [3.05, 3.63) is 54.0 Å². The van der Waals surface area contributed by atoms with E-state index >= 15 is 0 Å². The molecule has 1 atom stereocenters. The lowest BCUT2D eigenvalue weighted by Crippen LogP contribution is -2.22. The monoisotopic (exact) mass is 409 g/mol. The maximum Gasteiger partial charge on any atom is 0.124 e. The van der Waals surface area contributed by atoms with Gasteiger partial charge in [-0.2, -0.15) is 0 Å². The highest BCUT2D eigenvalue weighted by Crippen LogP contribution is 2.35. The third-order valence-corrected chi connectivity index (χ3v) is 5.40. The van der Waals surface area contributed by atoms with Crippen LogP contribution >= 0.6 is 45.5 Å². The molecule has 102 valence electrons. The maximum atomic E-state index is 13.2. The van der Waals surface area contributed by atoms with Crippen LogP contribution in [0.3, 0.4) is 0 Å². The van der Waals surface area contributed by atoms with Crippen LogP contribution < -0.4 is 5.32 Å². The predicted molar refractivity (Wildman–Crippen MR) is 88.7 cm³/mol. The Labute approximate surface area is 135 Å². The van der Waals surface area contributed by atoms with E-state index in [0.717, 1.165) is 30.5 Å². The molecule has 0 saturated carbocycles. The zero-order valence-electron chi connectivity index (χ0n) is 10.6. The van der Waals surface area contributed by atoms with Gasteiger partial charge in [-0.1, -0.05) is 24.6 Å². The van der Waals surface area contributed by atoms with Crippen LogP contribution in [0.1, 0.15) is 29.0 Å². The Morgan fingerprint density at radius 2 is 2.16 bits per heavy atom. The fourth-order valence-electron chi connectivity index (χ4n) is 1.93. The van der Waals surface area contributed by atoms with E-state index in [4.69, 9.17) is 11.6 Å². The molecule has 1 aromatic heterocycles. The van der Waals surface area contributed by atoms with Gasteiger partial charge in [0.1, 0.15) is 5.82 Å². The Bertz CT molecular complexity index is 565. The van der Waals surface area contributed by atoms with E-state index in [0.29, 0.717) is 0 Å². The number of benzene rings is 1. The first kappa shape index (κ1) is 15.2. The molecule has 1 heterocycles. The number of thiophene rings is 1. The van der Waals surface area contributed by atoms with Gasteiger partial charge in [0.15, 0.2) is 0 Å². The van der Waals surface area contributed by atoms with Crippen LogP contribution in [-0.2, 0) is 0 Å². The minimum Gasteiger partial charge on any atom is -0.306 e. The van der Waals surface area contributed by atoms with E-state index in [1.165, 1.54) is 6.07 Å². The van der Waals surface area contributed by atoms with Gasteiger partial charge < -0.3 is 5.32 Å². The number of halogens is 3. The molecular formula is C14H14ClFINS. The molecule has 0 spiro atoms. The highest BCUT2D eigenvalue weighted by molar-refractivity contribution is 14.1. The minimum absolute atomic E-state index is 0.0636. The Morgan fingerprint density at radius 3 is 2.68 bits per heavy atom. The Kier molecular flexibility index (Phi) is 5.22. The lowest BCUT2D eigenvalue weighted by Gasteiger charge is -2.18. The van der Waals surface area contributed by atoms with Gasteiger partial charge in [-0.15, -0.1) is 11.3 Å². The van der Waals surface area contributed by atoms with Crippen molar-refractivity contribution < 1.29 is 4.39 Å². The molecule has 0 radical (unpaired) electrons. The van der Waals surface area contributed by atoms with Crippen LogP contribution in [0.25, 0.3) is 0 Å². The van der Waals surface area contributed by atoms with E-state index in [2.05, 4.69) is 40.9 Å². The zero-order valence-corrected chi connectivity index (χ0v) is 14.4. The SMILES string of the molecule is CCNC(c1cc(C)c(Cl)s1)c1ccc(F)cc1I. The quantitative estimate of drug-likeness (QED) is 0.688. The van der Waals surface area contributed by atoms with E-state index < -0.39 is 0 Å². The molecule has 19 heavy (non-hydrogen) atoms. The second kappa shape index (κ2) is 6.52. The van der Waals surface area contributed by atoms with Crippen LogP contribution in [-0.4, -0.2) is 6.54 Å². The largest absolute Gasteiger partial charge is 0.306 e. The Balaban J connectivity index is 2.44. The molecule has 0 aliphatic carbocycles. The van der Waals surface area contributed by atoms with Gasteiger partial charge in [0.2, 0.25) is 0 Å². The van der Waals surface area contributed by atoms with Gasteiger partial charge in [-0.05, 0) is 65.4 Å². The molecule has 1 unspecified atom stereocenters. The van der Waals surface area contributed by atoms with E-state index in [1.807, 2.05) is 13.0 Å². The minimum atomic E-state index is -0.205. The summed E-state index contributed by atoms with van der Waals surface area (Å²) >= 11 is 9.91. The molecule has 5 heteroatoms. The third kappa shape index (κ3) is 3.48. The number of nitrogens with one attached hydrogen (secondary N) is 1. The van der Waals surface area contributed by atoms with Crippen molar-refractivity contribution >= 4 is 45.5 Å². The van der Waals surface area contributed by atoms with Crippen molar-refractivity contribution in [2.45, 2.75) is 19.9 Å². The van der Waals surface area contributed by atoms with Crippen LogP contribution in [0, 0.1) is 16.3 Å². The first-order valence-corrected chi connectivity index (χ1v) is 8.24. The van der Waals surface area contributed by atoms with Gasteiger partial charge >= 0.3 is 0 Å². The topological polar surface area (TPSA) is 12.0 Å². The Hall–Kier alpha value is -0.170. The van der Waals surface area contributed by atoms with Crippen molar-refractivity contribution in [2.24, 2.45) is 0 Å². The van der Waals surface area contributed by atoms with E-state index in [-0.39, 0.29) is 11.9 Å².